The molecule has 0 bridgehead atoms. The summed E-state index contributed by atoms with van der Waals surface area (Å²) in [5.74, 6) is -0.0545. The molecule has 0 amide bonds. The lowest BCUT2D eigenvalue weighted by molar-refractivity contribution is -0.134. The Morgan fingerprint density at radius 2 is 1.50 bits per heavy atom. The predicted molar refractivity (Wildman–Crippen MR) is 115 cm³/mol. The first-order chi connectivity index (χ1) is 15.5. The minimum absolute atomic E-state index is 0.0613. The number of halogens is 1. The number of hydrogen-bond acceptors (Lipinski definition) is 6. The van der Waals surface area contributed by atoms with Gasteiger partial charge in [-0.05, 0) is 67.6 Å². The van der Waals surface area contributed by atoms with Crippen LogP contribution in [0.4, 0.5) is 4.39 Å². The summed E-state index contributed by atoms with van der Waals surface area (Å²) in [5.41, 5.74) is 2.72. The van der Waals surface area contributed by atoms with Gasteiger partial charge in [-0.15, -0.1) is 10.2 Å². The van der Waals surface area contributed by atoms with Gasteiger partial charge in [0.25, 0.3) is 0 Å². The van der Waals surface area contributed by atoms with E-state index in [1.165, 1.54) is 36.4 Å². The normalized spacial score (nSPS) is 10.7. The first-order valence-electron chi connectivity index (χ1n) is 9.98. The molecule has 1 heterocycles. The summed E-state index contributed by atoms with van der Waals surface area (Å²) >= 11 is 0. The quantitative estimate of drug-likeness (QED) is 0.234. The lowest BCUT2D eigenvalue weighted by Crippen LogP contribution is -2.09. The van der Waals surface area contributed by atoms with Crippen molar-refractivity contribution in [3.63, 3.8) is 0 Å². The van der Waals surface area contributed by atoms with Crippen LogP contribution in [0.2, 0.25) is 0 Å². The molecule has 0 saturated carbocycles. The highest BCUT2D eigenvalue weighted by atomic mass is 19.1. The minimum Gasteiger partial charge on any atom is -0.427 e. The molecule has 0 aliphatic heterocycles. The average molecular weight is 430 g/mol. The van der Waals surface area contributed by atoms with Crippen molar-refractivity contribution in [3.8, 4) is 17.2 Å². The maximum atomic E-state index is 13.0. The molecule has 0 fully saturated rings. The van der Waals surface area contributed by atoms with E-state index in [-0.39, 0.29) is 18.6 Å². The van der Waals surface area contributed by atoms with E-state index in [4.69, 9.17) is 9.15 Å². The van der Waals surface area contributed by atoms with Crippen molar-refractivity contribution in [3.05, 3.63) is 101 Å². The van der Waals surface area contributed by atoms with Crippen LogP contribution in [0.15, 0.2) is 77.2 Å². The van der Waals surface area contributed by atoms with Crippen molar-refractivity contribution in [2.45, 2.75) is 19.8 Å². The molecular weight excluding hydrogens is 411 g/mol. The Balaban J connectivity index is 1.31. The third-order valence-corrected chi connectivity index (χ3v) is 4.76. The van der Waals surface area contributed by atoms with E-state index in [1.807, 2.05) is 31.2 Å². The van der Waals surface area contributed by atoms with Crippen LogP contribution in [0.25, 0.3) is 11.5 Å². The van der Waals surface area contributed by atoms with Crippen molar-refractivity contribution < 1.29 is 23.1 Å². The van der Waals surface area contributed by atoms with Crippen molar-refractivity contribution in [1.82, 2.24) is 10.2 Å². The standard InChI is InChI=1S/C25H19FN2O4/c1-16-2-4-19(5-3-16)25-28-27-22(32-25)14-15-23(29)31-21-12-8-18(9-13-21)24(30)17-6-10-20(26)11-7-17/h2-13H,14-15H2,1H3. The van der Waals surface area contributed by atoms with Crippen LogP contribution in [0, 0.1) is 12.7 Å². The van der Waals surface area contributed by atoms with Crippen LogP contribution in [0.3, 0.4) is 0 Å². The molecular formula is C25H19FN2O4. The van der Waals surface area contributed by atoms with Gasteiger partial charge in [-0.3, -0.25) is 9.59 Å². The Hall–Kier alpha value is -4.13. The Bertz CT molecular complexity index is 1230. The molecule has 0 aliphatic rings. The zero-order valence-corrected chi connectivity index (χ0v) is 17.2. The monoisotopic (exact) mass is 430 g/mol. The summed E-state index contributed by atoms with van der Waals surface area (Å²) in [6, 6.07) is 19.2. The van der Waals surface area contributed by atoms with E-state index in [9.17, 15) is 14.0 Å². The van der Waals surface area contributed by atoms with E-state index in [2.05, 4.69) is 10.2 Å². The van der Waals surface area contributed by atoms with Gasteiger partial charge >= 0.3 is 5.97 Å². The van der Waals surface area contributed by atoms with Gasteiger partial charge in [0.2, 0.25) is 11.8 Å². The SMILES string of the molecule is Cc1ccc(-c2nnc(CCC(=O)Oc3ccc(C(=O)c4ccc(F)cc4)cc3)o2)cc1. The molecule has 0 N–H and O–H groups in total. The molecule has 7 heteroatoms. The molecule has 0 saturated heterocycles. The van der Waals surface area contributed by atoms with E-state index < -0.39 is 11.8 Å². The smallest absolute Gasteiger partial charge is 0.311 e. The van der Waals surface area contributed by atoms with E-state index in [1.54, 1.807) is 12.1 Å². The summed E-state index contributed by atoms with van der Waals surface area (Å²) in [6.07, 6.45) is 0.310. The summed E-state index contributed by atoms with van der Waals surface area (Å²) in [6.45, 7) is 1.99. The fourth-order valence-electron chi connectivity index (χ4n) is 3.00. The molecule has 32 heavy (non-hydrogen) atoms. The predicted octanol–water partition coefficient (Wildman–Crippen LogP) is 4.95. The molecule has 3 aromatic carbocycles. The highest BCUT2D eigenvalue weighted by Gasteiger charge is 2.13. The van der Waals surface area contributed by atoms with Crippen LogP contribution >= 0.6 is 0 Å². The van der Waals surface area contributed by atoms with Crippen molar-refractivity contribution in [1.29, 1.82) is 0 Å². The van der Waals surface area contributed by atoms with E-state index >= 15 is 0 Å². The van der Waals surface area contributed by atoms with Crippen LogP contribution in [0.1, 0.15) is 33.8 Å². The number of benzene rings is 3. The molecule has 0 radical (unpaired) electrons. The maximum absolute atomic E-state index is 13.0. The first-order valence-corrected chi connectivity index (χ1v) is 9.98. The third-order valence-electron chi connectivity index (χ3n) is 4.76. The molecule has 0 aliphatic carbocycles. The molecule has 160 valence electrons. The Morgan fingerprint density at radius 3 is 2.16 bits per heavy atom. The Morgan fingerprint density at radius 1 is 0.875 bits per heavy atom. The molecule has 0 atom stereocenters. The van der Waals surface area contributed by atoms with Gasteiger partial charge in [-0.1, -0.05) is 17.7 Å². The molecule has 6 nitrogen and oxygen atoms in total. The summed E-state index contributed by atoms with van der Waals surface area (Å²) in [7, 11) is 0. The number of rotatable bonds is 7. The number of ether oxygens (including phenoxy) is 1. The molecule has 1 aromatic heterocycles. The minimum atomic E-state index is -0.460. The lowest BCUT2D eigenvalue weighted by atomic mass is 10.0. The number of hydrogen-bond donors (Lipinski definition) is 0. The zero-order chi connectivity index (χ0) is 22.5. The molecule has 0 unspecified atom stereocenters. The molecule has 4 aromatic rings. The van der Waals surface area contributed by atoms with Gasteiger partial charge in [-0.2, -0.15) is 0 Å². The van der Waals surface area contributed by atoms with E-state index in [0.29, 0.717) is 28.7 Å². The zero-order valence-electron chi connectivity index (χ0n) is 17.2. The van der Waals surface area contributed by atoms with Gasteiger partial charge in [0.15, 0.2) is 5.78 Å². The lowest BCUT2D eigenvalue weighted by Gasteiger charge is -2.05. The fraction of sp³-hybridized carbons (Fsp3) is 0.120. The van der Waals surface area contributed by atoms with Crippen molar-refractivity contribution in [2.24, 2.45) is 0 Å². The summed E-state index contributed by atoms with van der Waals surface area (Å²) in [5, 5.41) is 7.99. The summed E-state index contributed by atoms with van der Waals surface area (Å²) < 4.78 is 23.9. The van der Waals surface area contributed by atoms with Gasteiger partial charge in [0.05, 0.1) is 6.42 Å². The van der Waals surface area contributed by atoms with Crippen LogP contribution in [-0.2, 0) is 11.2 Å². The van der Waals surface area contributed by atoms with Crippen LogP contribution < -0.4 is 4.74 Å². The topological polar surface area (TPSA) is 82.3 Å². The number of aryl methyl sites for hydroxylation is 2. The average Bonchev–Trinajstić information content (AvgIpc) is 3.28. The van der Waals surface area contributed by atoms with Gasteiger partial charge in [0.1, 0.15) is 11.6 Å². The van der Waals surface area contributed by atoms with Crippen LogP contribution in [0.5, 0.6) is 5.75 Å². The maximum Gasteiger partial charge on any atom is 0.311 e. The number of nitrogens with zero attached hydrogens (tertiary/aromatic N) is 2. The number of ketones is 1. The number of aromatic nitrogens is 2. The Labute approximate surface area is 183 Å². The second-order valence-electron chi connectivity index (χ2n) is 7.20. The van der Waals surface area contributed by atoms with Gasteiger partial charge in [-0.25, -0.2) is 4.39 Å². The largest absolute Gasteiger partial charge is 0.427 e. The van der Waals surface area contributed by atoms with Crippen molar-refractivity contribution in [2.75, 3.05) is 0 Å². The highest BCUT2D eigenvalue weighted by Crippen LogP contribution is 2.20. The summed E-state index contributed by atoms with van der Waals surface area (Å²) in [4.78, 5) is 24.6. The fourth-order valence-corrected chi connectivity index (χ4v) is 3.00. The Kier molecular flexibility index (Phi) is 6.17. The second kappa shape index (κ2) is 9.34. The number of esters is 1. The molecule has 4 rings (SSSR count). The third kappa shape index (κ3) is 5.13. The van der Waals surface area contributed by atoms with Crippen molar-refractivity contribution >= 4 is 11.8 Å². The highest BCUT2D eigenvalue weighted by molar-refractivity contribution is 6.09. The molecule has 0 spiro atoms. The number of carbonyl (C=O) groups excluding carboxylic acids is 2. The van der Waals surface area contributed by atoms with Crippen LogP contribution in [-0.4, -0.2) is 21.9 Å². The van der Waals surface area contributed by atoms with Gasteiger partial charge in [0, 0.05) is 23.1 Å². The second-order valence-corrected chi connectivity index (χ2v) is 7.20. The van der Waals surface area contributed by atoms with Gasteiger partial charge < -0.3 is 9.15 Å². The van der Waals surface area contributed by atoms with E-state index in [0.717, 1.165) is 11.1 Å². The number of carbonyl (C=O) groups is 2. The first kappa shape index (κ1) is 21.1.